The molecule has 0 radical (unpaired) electrons. The summed E-state index contributed by atoms with van der Waals surface area (Å²) in [5.41, 5.74) is 6.79. The number of nitrogens with zero attached hydrogens (tertiary/aromatic N) is 3. The van der Waals surface area contributed by atoms with Crippen LogP contribution in [0.3, 0.4) is 0 Å². The van der Waals surface area contributed by atoms with E-state index in [2.05, 4.69) is 25.9 Å². The summed E-state index contributed by atoms with van der Waals surface area (Å²) in [4.78, 5) is 8.43. The maximum Gasteiger partial charge on any atom is 0.236 e. The van der Waals surface area contributed by atoms with Gasteiger partial charge in [-0.3, -0.25) is 4.40 Å². The van der Waals surface area contributed by atoms with E-state index >= 15 is 0 Å². The van der Waals surface area contributed by atoms with Crippen LogP contribution >= 0.6 is 15.9 Å². The number of hydrogen-bond donors (Lipinski definition) is 1. The molecule has 0 atom stereocenters. The number of halogens is 1. The van der Waals surface area contributed by atoms with Gasteiger partial charge in [-0.1, -0.05) is 6.92 Å². The van der Waals surface area contributed by atoms with Crippen molar-refractivity contribution in [3.63, 3.8) is 0 Å². The average molecular weight is 241 g/mol. The van der Waals surface area contributed by atoms with E-state index in [0.717, 1.165) is 16.7 Å². The van der Waals surface area contributed by atoms with Crippen molar-refractivity contribution in [1.82, 2.24) is 14.4 Å². The molecule has 0 spiro atoms. The first-order chi connectivity index (χ1) is 6.22. The summed E-state index contributed by atoms with van der Waals surface area (Å²) >= 11 is 3.34. The number of anilines is 1. The molecule has 13 heavy (non-hydrogen) atoms. The number of aryl methyl sites for hydroxylation is 1. The third kappa shape index (κ3) is 1.29. The van der Waals surface area contributed by atoms with Gasteiger partial charge in [-0.05, 0) is 22.4 Å². The number of hydrogen-bond acceptors (Lipinski definition) is 3. The fourth-order valence-electron chi connectivity index (χ4n) is 1.22. The van der Waals surface area contributed by atoms with Crippen molar-refractivity contribution in [3.05, 3.63) is 22.6 Å². The monoisotopic (exact) mass is 240 g/mol. The topological polar surface area (TPSA) is 56.2 Å². The number of aromatic nitrogens is 3. The van der Waals surface area contributed by atoms with Crippen molar-refractivity contribution in [3.8, 4) is 0 Å². The van der Waals surface area contributed by atoms with Crippen LogP contribution in [0, 0.1) is 0 Å². The Morgan fingerprint density at radius 3 is 3.08 bits per heavy atom. The SMILES string of the molecule is CCc1cc(N)n2c(Br)cnc2n1. The quantitative estimate of drug-likeness (QED) is 0.825. The average Bonchev–Trinajstić information content (AvgIpc) is 2.48. The number of fused-ring (bicyclic) bond motifs is 1. The molecule has 68 valence electrons. The predicted octanol–water partition coefficient (Wildman–Crippen LogP) is 1.64. The Kier molecular flexibility index (Phi) is 1.95. The van der Waals surface area contributed by atoms with Gasteiger partial charge < -0.3 is 5.73 Å². The van der Waals surface area contributed by atoms with Gasteiger partial charge in [0.05, 0.1) is 6.20 Å². The Labute approximate surface area is 83.9 Å². The van der Waals surface area contributed by atoms with E-state index in [-0.39, 0.29) is 0 Å². The van der Waals surface area contributed by atoms with Gasteiger partial charge in [-0.2, -0.15) is 0 Å². The van der Waals surface area contributed by atoms with Gasteiger partial charge in [0, 0.05) is 11.8 Å². The molecular formula is C8H9BrN4. The minimum atomic E-state index is 0.642. The highest BCUT2D eigenvalue weighted by atomic mass is 79.9. The van der Waals surface area contributed by atoms with Crippen LogP contribution < -0.4 is 5.73 Å². The molecule has 2 aromatic rings. The van der Waals surface area contributed by atoms with Crippen molar-refractivity contribution in [2.24, 2.45) is 0 Å². The fourth-order valence-corrected chi connectivity index (χ4v) is 1.68. The Balaban J connectivity index is 2.79. The second-order valence-electron chi connectivity index (χ2n) is 2.74. The molecule has 0 aliphatic heterocycles. The van der Waals surface area contributed by atoms with Crippen molar-refractivity contribution in [2.45, 2.75) is 13.3 Å². The van der Waals surface area contributed by atoms with Crippen molar-refractivity contribution >= 4 is 27.5 Å². The van der Waals surface area contributed by atoms with Crippen LogP contribution in [-0.2, 0) is 6.42 Å². The van der Waals surface area contributed by atoms with Crippen LogP contribution in [0.2, 0.25) is 0 Å². The minimum absolute atomic E-state index is 0.642. The third-order valence-electron chi connectivity index (χ3n) is 1.88. The normalized spacial score (nSPS) is 10.9. The lowest BCUT2D eigenvalue weighted by molar-refractivity contribution is 0.994. The first-order valence-corrected chi connectivity index (χ1v) is 4.80. The van der Waals surface area contributed by atoms with Gasteiger partial charge in [-0.25, -0.2) is 9.97 Å². The molecule has 4 nitrogen and oxygen atoms in total. The summed E-state index contributed by atoms with van der Waals surface area (Å²) in [5.74, 6) is 1.30. The van der Waals surface area contributed by atoms with Crippen LogP contribution in [0.15, 0.2) is 16.9 Å². The molecule has 2 N–H and O–H groups in total. The smallest absolute Gasteiger partial charge is 0.236 e. The molecule has 2 heterocycles. The largest absolute Gasteiger partial charge is 0.385 e. The zero-order chi connectivity index (χ0) is 9.42. The van der Waals surface area contributed by atoms with E-state index < -0.39 is 0 Å². The van der Waals surface area contributed by atoms with Crippen LogP contribution in [-0.4, -0.2) is 14.4 Å². The van der Waals surface area contributed by atoms with E-state index in [4.69, 9.17) is 5.73 Å². The highest BCUT2D eigenvalue weighted by molar-refractivity contribution is 9.10. The summed E-state index contributed by atoms with van der Waals surface area (Å²) in [6.07, 6.45) is 2.56. The van der Waals surface area contributed by atoms with Gasteiger partial charge in [0.2, 0.25) is 5.78 Å². The third-order valence-corrected chi connectivity index (χ3v) is 2.44. The first-order valence-electron chi connectivity index (χ1n) is 4.00. The first kappa shape index (κ1) is 8.50. The van der Waals surface area contributed by atoms with E-state index in [1.54, 1.807) is 10.6 Å². The van der Waals surface area contributed by atoms with Crippen molar-refractivity contribution < 1.29 is 0 Å². The van der Waals surface area contributed by atoms with E-state index in [0.29, 0.717) is 11.6 Å². The van der Waals surface area contributed by atoms with E-state index in [1.807, 2.05) is 13.0 Å². The molecule has 0 bridgehead atoms. The van der Waals surface area contributed by atoms with Crippen LogP contribution in [0.5, 0.6) is 0 Å². The zero-order valence-corrected chi connectivity index (χ0v) is 8.74. The maximum atomic E-state index is 5.83. The van der Waals surface area contributed by atoms with Gasteiger partial charge in [-0.15, -0.1) is 0 Å². The molecule has 5 heteroatoms. The Morgan fingerprint density at radius 2 is 2.38 bits per heavy atom. The fraction of sp³-hybridized carbons (Fsp3) is 0.250. The molecule has 0 fully saturated rings. The van der Waals surface area contributed by atoms with Crippen LogP contribution in [0.25, 0.3) is 5.78 Å². The highest BCUT2D eigenvalue weighted by Crippen LogP contribution is 2.16. The second kappa shape index (κ2) is 2.99. The summed E-state index contributed by atoms with van der Waals surface area (Å²) < 4.78 is 2.59. The van der Waals surface area contributed by atoms with E-state index in [9.17, 15) is 0 Å². The lowest BCUT2D eigenvalue weighted by atomic mass is 10.3. The number of nitrogens with two attached hydrogens (primary N) is 1. The maximum absolute atomic E-state index is 5.83. The van der Waals surface area contributed by atoms with Gasteiger partial charge >= 0.3 is 0 Å². The van der Waals surface area contributed by atoms with Gasteiger partial charge in [0.25, 0.3) is 0 Å². The minimum Gasteiger partial charge on any atom is -0.385 e. The van der Waals surface area contributed by atoms with Crippen LogP contribution in [0.4, 0.5) is 5.82 Å². The van der Waals surface area contributed by atoms with Gasteiger partial charge in [0.1, 0.15) is 10.4 Å². The molecule has 0 saturated heterocycles. The summed E-state index contributed by atoms with van der Waals surface area (Å²) in [7, 11) is 0. The Bertz CT molecular complexity index is 449. The zero-order valence-electron chi connectivity index (χ0n) is 7.16. The standard InChI is InChI=1S/C8H9BrN4/c1-2-5-3-7(10)13-6(9)4-11-8(13)12-5/h3-4H,2,10H2,1H3. The number of nitrogen functional groups attached to an aromatic ring is 1. The summed E-state index contributed by atoms with van der Waals surface area (Å²) in [6, 6.07) is 1.86. The molecule has 0 aliphatic rings. The molecule has 0 unspecified atom stereocenters. The predicted molar refractivity (Wildman–Crippen MR) is 54.5 cm³/mol. The summed E-state index contributed by atoms with van der Waals surface area (Å²) in [5, 5.41) is 0. The van der Waals surface area contributed by atoms with Gasteiger partial charge in [0.15, 0.2) is 0 Å². The number of rotatable bonds is 1. The molecule has 0 aliphatic carbocycles. The Morgan fingerprint density at radius 1 is 1.62 bits per heavy atom. The Hall–Kier alpha value is -1.10. The molecule has 0 amide bonds. The second-order valence-corrected chi connectivity index (χ2v) is 3.55. The number of imidazole rings is 1. The lowest BCUT2D eigenvalue weighted by Crippen LogP contribution is -2.01. The van der Waals surface area contributed by atoms with Crippen molar-refractivity contribution in [1.29, 1.82) is 0 Å². The highest BCUT2D eigenvalue weighted by Gasteiger charge is 2.05. The van der Waals surface area contributed by atoms with Crippen LogP contribution in [0.1, 0.15) is 12.6 Å². The molecule has 0 saturated carbocycles. The molecule has 0 aromatic carbocycles. The molecule has 2 rings (SSSR count). The van der Waals surface area contributed by atoms with E-state index in [1.165, 1.54) is 0 Å². The molecule has 2 aromatic heterocycles. The van der Waals surface area contributed by atoms with Crippen molar-refractivity contribution in [2.75, 3.05) is 5.73 Å². The molecular weight excluding hydrogens is 232 g/mol. The summed E-state index contributed by atoms with van der Waals surface area (Å²) in [6.45, 7) is 2.04. The lowest BCUT2D eigenvalue weighted by Gasteiger charge is -2.02.